The normalized spacial score (nSPS) is 12.9. The summed E-state index contributed by atoms with van der Waals surface area (Å²) in [4.78, 5) is 2.36. The molecule has 0 radical (unpaired) electrons. The van der Waals surface area contributed by atoms with Gasteiger partial charge < -0.3 is 9.32 Å². The average Bonchev–Trinajstić information content (AvgIpc) is 3.75. The number of anilines is 3. The summed E-state index contributed by atoms with van der Waals surface area (Å²) < 4.78 is 6.25. The van der Waals surface area contributed by atoms with Gasteiger partial charge in [0.2, 0.25) is 0 Å². The molecule has 0 saturated heterocycles. The van der Waals surface area contributed by atoms with Gasteiger partial charge in [-0.2, -0.15) is 0 Å². The number of hydrogen-bond acceptors (Lipinski definition) is 2. The van der Waals surface area contributed by atoms with E-state index in [4.69, 9.17) is 4.42 Å². The minimum atomic E-state index is -0.0905. The molecule has 2 nitrogen and oxygen atoms in total. The zero-order valence-electron chi connectivity index (χ0n) is 31.9. The van der Waals surface area contributed by atoms with E-state index in [1.807, 2.05) is 12.1 Å². The average molecular weight is 730 g/mol. The molecule has 1 aliphatic rings. The summed E-state index contributed by atoms with van der Waals surface area (Å²) in [5.41, 5.74) is 17.7. The topological polar surface area (TPSA) is 16.4 Å². The van der Waals surface area contributed by atoms with Crippen molar-refractivity contribution in [2.45, 2.75) is 19.3 Å². The van der Waals surface area contributed by atoms with Gasteiger partial charge in [0.05, 0.1) is 0 Å². The fraction of sp³-hybridized carbons (Fsp3) is 0.0545. The summed E-state index contributed by atoms with van der Waals surface area (Å²) in [6, 6.07) is 72.7. The minimum absolute atomic E-state index is 0.0905. The predicted molar refractivity (Wildman–Crippen MR) is 240 cm³/mol. The van der Waals surface area contributed by atoms with E-state index in [1.165, 1.54) is 66.4 Å². The molecular weight excluding hydrogens is 691 g/mol. The van der Waals surface area contributed by atoms with Crippen LogP contribution in [0.5, 0.6) is 0 Å². The maximum atomic E-state index is 6.25. The molecule has 11 rings (SSSR count). The Bertz CT molecular complexity index is 3150. The second kappa shape index (κ2) is 13.0. The molecule has 57 heavy (non-hydrogen) atoms. The second-order valence-electron chi connectivity index (χ2n) is 15.7. The van der Waals surface area contributed by atoms with E-state index in [2.05, 4.69) is 207 Å². The zero-order valence-corrected chi connectivity index (χ0v) is 31.9. The highest BCUT2D eigenvalue weighted by Gasteiger charge is 2.37. The molecular formula is C55H39NO. The third kappa shape index (κ3) is 5.48. The van der Waals surface area contributed by atoms with Crippen LogP contribution in [0, 0.1) is 0 Å². The molecule has 270 valence electrons. The van der Waals surface area contributed by atoms with Crippen LogP contribution in [0.25, 0.3) is 77.2 Å². The van der Waals surface area contributed by atoms with Gasteiger partial charge in [-0.1, -0.05) is 153 Å². The second-order valence-corrected chi connectivity index (χ2v) is 15.7. The molecule has 0 fully saturated rings. The molecule has 0 atom stereocenters. The lowest BCUT2D eigenvalue weighted by molar-refractivity contribution is 0.662. The SMILES string of the molecule is CC1(C)c2ccccc2-c2cccc(-c3ccc(N(c4ccc(-c5cccc(-c6ccc7ccccc7c6)c5)cc4)c4ccc5oc6ccccc6c5c4)cc3)c21. The van der Waals surface area contributed by atoms with Crippen LogP contribution >= 0.6 is 0 Å². The number of nitrogens with zero attached hydrogens (tertiary/aromatic N) is 1. The van der Waals surface area contributed by atoms with E-state index >= 15 is 0 Å². The Morgan fingerprint density at radius 3 is 1.77 bits per heavy atom. The summed E-state index contributed by atoms with van der Waals surface area (Å²) in [7, 11) is 0. The smallest absolute Gasteiger partial charge is 0.135 e. The number of rotatable bonds is 6. The summed E-state index contributed by atoms with van der Waals surface area (Å²) in [6.45, 7) is 4.71. The maximum absolute atomic E-state index is 6.25. The fourth-order valence-corrected chi connectivity index (χ4v) is 9.23. The predicted octanol–water partition coefficient (Wildman–Crippen LogP) is 15.5. The number of para-hydroxylation sites is 1. The van der Waals surface area contributed by atoms with Crippen LogP contribution in [0.3, 0.4) is 0 Å². The quantitative estimate of drug-likeness (QED) is 0.169. The van der Waals surface area contributed by atoms with Crippen molar-refractivity contribution < 1.29 is 4.42 Å². The molecule has 0 bridgehead atoms. The lowest BCUT2D eigenvalue weighted by Gasteiger charge is -2.27. The Labute approximate surface area is 332 Å². The van der Waals surface area contributed by atoms with E-state index in [1.54, 1.807) is 0 Å². The van der Waals surface area contributed by atoms with Crippen molar-refractivity contribution >= 4 is 49.8 Å². The summed E-state index contributed by atoms with van der Waals surface area (Å²) in [5.74, 6) is 0. The first-order valence-corrected chi connectivity index (χ1v) is 19.7. The molecule has 1 aromatic heterocycles. The summed E-state index contributed by atoms with van der Waals surface area (Å²) in [6.07, 6.45) is 0. The Morgan fingerprint density at radius 1 is 0.368 bits per heavy atom. The monoisotopic (exact) mass is 729 g/mol. The number of hydrogen-bond donors (Lipinski definition) is 0. The largest absolute Gasteiger partial charge is 0.456 e. The number of furan rings is 1. The van der Waals surface area contributed by atoms with Gasteiger partial charge in [0.1, 0.15) is 11.2 Å². The third-order valence-corrected chi connectivity index (χ3v) is 12.0. The van der Waals surface area contributed by atoms with Crippen LogP contribution in [0.4, 0.5) is 17.1 Å². The van der Waals surface area contributed by atoms with Crippen molar-refractivity contribution in [2.24, 2.45) is 0 Å². The molecule has 1 heterocycles. The third-order valence-electron chi connectivity index (χ3n) is 12.0. The van der Waals surface area contributed by atoms with Gasteiger partial charge in [-0.3, -0.25) is 0 Å². The van der Waals surface area contributed by atoms with Gasteiger partial charge >= 0.3 is 0 Å². The minimum Gasteiger partial charge on any atom is -0.456 e. The first-order chi connectivity index (χ1) is 28.0. The molecule has 2 heteroatoms. The molecule has 0 spiro atoms. The Kier molecular flexibility index (Phi) is 7.55. The Hall–Kier alpha value is -7.16. The van der Waals surface area contributed by atoms with Gasteiger partial charge in [0.25, 0.3) is 0 Å². The highest BCUT2D eigenvalue weighted by molar-refractivity contribution is 6.06. The lowest BCUT2D eigenvalue weighted by Crippen LogP contribution is -2.16. The van der Waals surface area contributed by atoms with Gasteiger partial charge in [-0.05, 0) is 127 Å². The molecule has 10 aromatic rings. The van der Waals surface area contributed by atoms with Gasteiger partial charge in [-0.25, -0.2) is 0 Å². The van der Waals surface area contributed by atoms with E-state index in [-0.39, 0.29) is 5.41 Å². The first-order valence-electron chi connectivity index (χ1n) is 19.7. The lowest BCUT2D eigenvalue weighted by atomic mass is 9.79. The van der Waals surface area contributed by atoms with Crippen molar-refractivity contribution in [2.75, 3.05) is 4.90 Å². The van der Waals surface area contributed by atoms with Crippen LogP contribution in [0.1, 0.15) is 25.0 Å². The Balaban J connectivity index is 0.990. The molecule has 0 amide bonds. The number of fused-ring (bicyclic) bond motifs is 7. The van der Waals surface area contributed by atoms with Gasteiger partial charge in [-0.15, -0.1) is 0 Å². The summed E-state index contributed by atoms with van der Waals surface area (Å²) in [5, 5.41) is 4.73. The Morgan fingerprint density at radius 2 is 0.947 bits per heavy atom. The van der Waals surface area contributed by atoms with Crippen LogP contribution in [-0.4, -0.2) is 0 Å². The standard InChI is InChI=1S/C55H39NO/c1-55(2)51-19-7-5-15-47(51)49-18-10-17-46(54(49)55)38-25-29-44(30-26-38)56(45-31-32-53-50(35-45)48-16-6-8-20-52(48)57-53)43-27-23-37(24-28-43)40-13-9-14-41(33-40)42-22-21-36-11-3-4-12-39(36)34-42/h3-35H,1-2H3. The zero-order chi connectivity index (χ0) is 38.1. The van der Waals surface area contributed by atoms with E-state index in [0.29, 0.717) is 0 Å². The van der Waals surface area contributed by atoms with E-state index in [0.717, 1.165) is 39.0 Å². The molecule has 1 aliphatic carbocycles. The van der Waals surface area contributed by atoms with Crippen LogP contribution in [0.2, 0.25) is 0 Å². The van der Waals surface area contributed by atoms with Crippen LogP contribution in [0.15, 0.2) is 205 Å². The van der Waals surface area contributed by atoms with E-state index in [9.17, 15) is 0 Å². The molecule has 0 unspecified atom stereocenters. The van der Waals surface area contributed by atoms with Crippen LogP contribution < -0.4 is 4.90 Å². The van der Waals surface area contributed by atoms with E-state index < -0.39 is 0 Å². The highest BCUT2D eigenvalue weighted by atomic mass is 16.3. The molecule has 9 aromatic carbocycles. The van der Waals surface area contributed by atoms with Crippen molar-refractivity contribution in [1.29, 1.82) is 0 Å². The van der Waals surface area contributed by atoms with Crippen LogP contribution in [-0.2, 0) is 5.41 Å². The van der Waals surface area contributed by atoms with Crippen molar-refractivity contribution in [3.63, 3.8) is 0 Å². The molecule has 0 aliphatic heterocycles. The highest BCUT2D eigenvalue weighted by Crippen LogP contribution is 2.52. The fourth-order valence-electron chi connectivity index (χ4n) is 9.23. The summed E-state index contributed by atoms with van der Waals surface area (Å²) >= 11 is 0. The molecule has 0 saturated carbocycles. The van der Waals surface area contributed by atoms with Gasteiger partial charge in [0.15, 0.2) is 0 Å². The van der Waals surface area contributed by atoms with Crippen molar-refractivity contribution in [1.82, 2.24) is 0 Å². The van der Waals surface area contributed by atoms with Gasteiger partial charge in [0, 0.05) is 33.2 Å². The first kappa shape index (κ1) is 33.2. The van der Waals surface area contributed by atoms with Crippen molar-refractivity contribution in [3.8, 4) is 44.5 Å². The van der Waals surface area contributed by atoms with Crippen molar-refractivity contribution in [3.05, 3.63) is 211 Å². The number of benzene rings is 9. The molecule has 0 N–H and O–H groups in total. The maximum Gasteiger partial charge on any atom is 0.135 e.